The molecule has 0 fully saturated rings. The van der Waals surface area contributed by atoms with Crippen molar-refractivity contribution in [1.82, 2.24) is 15.6 Å². The second-order valence-electron chi connectivity index (χ2n) is 4.77. The molecule has 2 aromatic rings. The Balaban J connectivity index is 2.06. The van der Waals surface area contributed by atoms with E-state index in [-0.39, 0.29) is 5.11 Å². The lowest BCUT2D eigenvalue weighted by Crippen LogP contribution is -2.56. The lowest BCUT2D eigenvalue weighted by molar-refractivity contribution is 0.0934. The minimum atomic E-state index is -1.84. The average molecular weight is 483 g/mol. The van der Waals surface area contributed by atoms with Crippen LogP contribution in [0.25, 0.3) is 0 Å². The number of amides is 1. The van der Waals surface area contributed by atoms with E-state index in [0.29, 0.717) is 11.4 Å². The van der Waals surface area contributed by atoms with Crippen LogP contribution in [0, 0.1) is 0 Å². The van der Waals surface area contributed by atoms with E-state index < -0.39 is 15.9 Å². The first-order valence-corrected chi connectivity index (χ1v) is 9.21. The molecule has 0 spiro atoms. The first-order chi connectivity index (χ1) is 11.8. The van der Waals surface area contributed by atoms with E-state index in [0.717, 1.165) is 4.47 Å². The minimum absolute atomic E-state index is 0.143. The lowest BCUT2D eigenvalue weighted by atomic mass is 10.2. The van der Waals surface area contributed by atoms with Crippen LogP contribution < -0.4 is 16.0 Å². The summed E-state index contributed by atoms with van der Waals surface area (Å²) in [5, 5.41) is 8.35. The van der Waals surface area contributed by atoms with Crippen molar-refractivity contribution in [3.63, 3.8) is 0 Å². The predicted molar refractivity (Wildman–Crippen MR) is 109 cm³/mol. The molecule has 0 saturated carbocycles. The quantitative estimate of drug-likeness (QED) is 0.345. The van der Waals surface area contributed by atoms with Gasteiger partial charge >= 0.3 is 0 Å². The number of rotatable bonds is 4. The highest BCUT2D eigenvalue weighted by Crippen LogP contribution is 2.29. The molecule has 132 valence electrons. The maximum absolute atomic E-state index is 12.4. The first kappa shape index (κ1) is 20.2. The maximum Gasteiger partial charge on any atom is 0.253 e. The molecule has 1 unspecified atom stereocenters. The zero-order chi connectivity index (χ0) is 18.4. The highest BCUT2D eigenvalue weighted by molar-refractivity contribution is 9.10. The summed E-state index contributed by atoms with van der Waals surface area (Å²) in [6.07, 6.45) is 0.541. The fourth-order valence-electron chi connectivity index (χ4n) is 1.76. The summed E-state index contributed by atoms with van der Waals surface area (Å²) in [6, 6.07) is 12.1. The molecular weight excluding hydrogens is 471 g/mol. The van der Waals surface area contributed by atoms with Crippen molar-refractivity contribution < 1.29 is 4.79 Å². The zero-order valence-electron chi connectivity index (χ0n) is 12.5. The Morgan fingerprint density at radius 3 is 2.52 bits per heavy atom. The Morgan fingerprint density at radius 1 is 1.16 bits per heavy atom. The Bertz CT molecular complexity index is 758. The number of hydrogen-bond donors (Lipinski definition) is 3. The van der Waals surface area contributed by atoms with Crippen molar-refractivity contribution in [1.29, 1.82) is 0 Å². The topological polar surface area (TPSA) is 66.1 Å². The van der Waals surface area contributed by atoms with Crippen molar-refractivity contribution in [3.8, 4) is 0 Å². The molecule has 3 N–H and O–H groups in total. The van der Waals surface area contributed by atoms with Crippen molar-refractivity contribution in [2.24, 2.45) is 0 Å². The number of aromatic nitrogens is 1. The predicted octanol–water partition coefficient (Wildman–Crippen LogP) is 4.26. The van der Waals surface area contributed by atoms with Gasteiger partial charge in [-0.1, -0.05) is 62.9 Å². The van der Waals surface area contributed by atoms with Crippen LogP contribution in [-0.2, 0) is 0 Å². The largest absolute Gasteiger partial charge is 0.339 e. The molecule has 25 heavy (non-hydrogen) atoms. The van der Waals surface area contributed by atoms with E-state index in [9.17, 15) is 4.79 Å². The molecule has 1 amide bonds. The van der Waals surface area contributed by atoms with Crippen LogP contribution in [0.4, 0.5) is 5.82 Å². The van der Waals surface area contributed by atoms with Crippen molar-refractivity contribution >= 4 is 79.8 Å². The molecule has 2 rings (SSSR count). The van der Waals surface area contributed by atoms with Gasteiger partial charge in [0.2, 0.25) is 3.79 Å². The summed E-state index contributed by atoms with van der Waals surface area (Å²) in [4.78, 5) is 16.4. The summed E-state index contributed by atoms with van der Waals surface area (Å²) in [7, 11) is 0. The van der Waals surface area contributed by atoms with Gasteiger partial charge in [-0.15, -0.1) is 0 Å². The van der Waals surface area contributed by atoms with Crippen LogP contribution in [0.1, 0.15) is 10.4 Å². The van der Waals surface area contributed by atoms with E-state index in [2.05, 4.69) is 36.9 Å². The molecular formula is C15H12BrCl3N4OS. The Morgan fingerprint density at radius 2 is 1.92 bits per heavy atom. The van der Waals surface area contributed by atoms with Gasteiger partial charge in [0.05, 0.1) is 0 Å². The number of nitrogens with zero attached hydrogens (tertiary/aromatic N) is 1. The van der Waals surface area contributed by atoms with Crippen LogP contribution in [-0.4, -0.2) is 26.0 Å². The molecule has 1 aromatic carbocycles. The lowest BCUT2D eigenvalue weighted by Gasteiger charge is -2.27. The number of thiocarbonyl (C=S) groups is 1. The van der Waals surface area contributed by atoms with Crippen LogP contribution in [0.15, 0.2) is 53.1 Å². The second-order valence-corrected chi connectivity index (χ2v) is 8.46. The summed E-state index contributed by atoms with van der Waals surface area (Å²) < 4.78 is -1.08. The number of pyridine rings is 1. The van der Waals surface area contributed by atoms with Crippen molar-refractivity contribution in [3.05, 3.63) is 58.7 Å². The molecule has 1 heterocycles. The van der Waals surface area contributed by atoms with Crippen LogP contribution in [0.3, 0.4) is 0 Å². The van der Waals surface area contributed by atoms with Gasteiger partial charge in [-0.2, -0.15) is 0 Å². The standard InChI is InChI=1S/C15H12BrCl3N4OS/c16-10-5-3-4-9(8-10)12(24)22-13(15(17,18)19)23-14(25)21-11-6-1-2-7-20-11/h1-8,13H,(H,22,24)(H2,20,21,23,25). The SMILES string of the molecule is O=C(NC(NC(=S)Nc1ccccn1)C(Cl)(Cl)Cl)c1cccc(Br)c1. The van der Waals surface area contributed by atoms with E-state index in [1.807, 2.05) is 0 Å². The third-order valence-corrected chi connectivity index (χ3v) is 4.24. The number of carbonyl (C=O) groups is 1. The minimum Gasteiger partial charge on any atom is -0.339 e. The van der Waals surface area contributed by atoms with E-state index in [1.165, 1.54) is 0 Å². The number of benzene rings is 1. The van der Waals surface area contributed by atoms with Crippen LogP contribution in [0.5, 0.6) is 0 Å². The van der Waals surface area contributed by atoms with Gasteiger partial charge in [-0.3, -0.25) is 4.79 Å². The molecule has 1 atom stereocenters. The summed E-state index contributed by atoms with van der Waals surface area (Å²) >= 11 is 26.3. The fraction of sp³-hybridized carbons (Fsp3) is 0.133. The molecule has 0 aliphatic heterocycles. The highest BCUT2D eigenvalue weighted by Gasteiger charge is 2.35. The Hall–Kier alpha value is -1.12. The molecule has 0 saturated heterocycles. The molecule has 0 aliphatic rings. The number of halogens is 4. The number of alkyl halides is 3. The monoisotopic (exact) mass is 480 g/mol. The van der Waals surface area contributed by atoms with Gasteiger partial charge in [0.25, 0.3) is 5.91 Å². The third kappa shape index (κ3) is 6.60. The van der Waals surface area contributed by atoms with E-state index >= 15 is 0 Å². The summed E-state index contributed by atoms with van der Waals surface area (Å²) in [5.74, 6) is 0.0899. The van der Waals surface area contributed by atoms with Crippen molar-refractivity contribution in [2.75, 3.05) is 5.32 Å². The van der Waals surface area contributed by atoms with Crippen LogP contribution in [0.2, 0.25) is 0 Å². The molecule has 10 heteroatoms. The number of nitrogens with one attached hydrogen (secondary N) is 3. The highest BCUT2D eigenvalue weighted by atomic mass is 79.9. The zero-order valence-corrected chi connectivity index (χ0v) is 17.1. The normalized spacial score (nSPS) is 12.2. The van der Waals surface area contributed by atoms with Crippen LogP contribution >= 0.6 is 63.0 Å². The average Bonchev–Trinajstić information content (AvgIpc) is 2.54. The van der Waals surface area contributed by atoms with Gasteiger partial charge in [-0.25, -0.2) is 4.98 Å². The van der Waals surface area contributed by atoms with Gasteiger partial charge < -0.3 is 16.0 Å². The second kappa shape index (κ2) is 9.00. The Kier molecular flexibility index (Phi) is 7.27. The molecule has 0 radical (unpaired) electrons. The van der Waals surface area contributed by atoms with E-state index in [1.54, 1.807) is 48.7 Å². The molecule has 1 aromatic heterocycles. The molecule has 5 nitrogen and oxygen atoms in total. The first-order valence-electron chi connectivity index (χ1n) is 6.87. The van der Waals surface area contributed by atoms with Gasteiger partial charge in [0.15, 0.2) is 5.11 Å². The van der Waals surface area contributed by atoms with E-state index in [4.69, 9.17) is 47.0 Å². The Labute approximate surface area is 173 Å². The molecule has 0 aliphatic carbocycles. The number of carbonyl (C=O) groups excluding carboxylic acids is 1. The summed E-state index contributed by atoms with van der Waals surface area (Å²) in [5.41, 5.74) is 0.402. The third-order valence-electron chi connectivity index (χ3n) is 2.87. The fourth-order valence-corrected chi connectivity index (χ4v) is 2.71. The number of anilines is 1. The van der Waals surface area contributed by atoms with Gasteiger partial charge in [0.1, 0.15) is 12.0 Å². The van der Waals surface area contributed by atoms with Gasteiger partial charge in [-0.05, 0) is 42.5 Å². The smallest absolute Gasteiger partial charge is 0.253 e. The number of hydrogen-bond acceptors (Lipinski definition) is 3. The maximum atomic E-state index is 12.4. The van der Waals surface area contributed by atoms with Gasteiger partial charge in [0, 0.05) is 16.2 Å². The van der Waals surface area contributed by atoms with Crippen molar-refractivity contribution in [2.45, 2.75) is 9.96 Å². The molecule has 0 bridgehead atoms. The summed E-state index contributed by atoms with van der Waals surface area (Å²) in [6.45, 7) is 0.